The van der Waals surface area contributed by atoms with Gasteiger partial charge in [0.05, 0.1) is 6.20 Å². The molecule has 0 aliphatic carbocycles. The van der Waals surface area contributed by atoms with Crippen molar-refractivity contribution in [2.75, 3.05) is 5.32 Å². The first-order valence-corrected chi connectivity index (χ1v) is 6.68. The highest BCUT2D eigenvalue weighted by atomic mass is 16.1. The molecule has 1 heterocycles. The van der Waals surface area contributed by atoms with Crippen molar-refractivity contribution in [3.05, 3.63) is 72.6 Å². The SMILES string of the molecule is Cn1cc(-c2ccc(NC(=O)c3ccccc3)cc2)cn1. The van der Waals surface area contributed by atoms with E-state index in [1.54, 1.807) is 16.8 Å². The van der Waals surface area contributed by atoms with Gasteiger partial charge in [-0.25, -0.2) is 0 Å². The number of anilines is 1. The van der Waals surface area contributed by atoms with Gasteiger partial charge in [-0.3, -0.25) is 9.48 Å². The van der Waals surface area contributed by atoms with Gasteiger partial charge in [-0.15, -0.1) is 0 Å². The highest BCUT2D eigenvalue weighted by Gasteiger charge is 2.05. The Bertz CT molecular complexity index is 745. The van der Waals surface area contributed by atoms with Crippen LogP contribution in [-0.2, 0) is 7.05 Å². The number of hydrogen-bond acceptors (Lipinski definition) is 2. The van der Waals surface area contributed by atoms with Crippen molar-refractivity contribution in [3.63, 3.8) is 0 Å². The van der Waals surface area contributed by atoms with Crippen LogP contribution >= 0.6 is 0 Å². The molecule has 3 rings (SSSR count). The Hall–Kier alpha value is -2.88. The van der Waals surface area contributed by atoms with Crippen molar-refractivity contribution >= 4 is 11.6 Å². The van der Waals surface area contributed by atoms with E-state index in [4.69, 9.17) is 0 Å². The molecule has 4 nitrogen and oxygen atoms in total. The van der Waals surface area contributed by atoms with Gasteiger partial charge in [0, 0.05) is 30.1 Å². The fourth-order valence-corrected chi connectivity index (χ4v) is 2.11. The molecule has 104 valence electrons. The predicted molar refractivity (Wildman–Crippen MR) is 83.0 cm³/mol. The van der Waals surface area contributed by atoms with E-state index < -0.39 is 0 Å². The molecule has 1 amide bonds. The van der Waals surface area contributed by atoms with E-state index in [1.807, 2.05) is 61.9 Å². The van der Waals surface area contributed by atoms with Gasteiger partial charge in [-0.1, -0.05) is 30.3 Å². The van der Waals surface area contributed by atoms with Gasteiger partial charge < -0.3 is 5.32 Å². The van der Waals surface area contributed by atoms with Gasteiger partial charge in [0.15, 0.2) is 0 Å². The molecule has 0 saturated carbocycles. The molecule has 1 N–H and O–H groups in total. The van der Waals surface area contributed by atoms with Gasteiger partial charge in [-0.05, 0) is 29.8 Å². The van der Waals surface area contributed by atoms with Gasteiger partial charge in [0.1, 0.15) is 0 Å². The van der Waals surface area contributed by atoms with Crippen molar-refractivity contribution in [2.45, 2.75) is 0 Å². The first kappa shape index (κ1) is 13.1. The molecular weight excluding hydrogens is 262 g/mol. The van der Waals surface area contributed by atoms with E-state index >= 15 is 0 Å². The predicted octanol–water partition coefficient (Wildman–Crippen LogP) is 3.34. The van der Waals surface area contributed by atoms with Gasteiger partial charge in [-0.2, -0.15) is 5.10 Å². The van der Waals surface area contributed by atoms with Crippen LogP contribution in [0.25, 0.3) is 11.1 Å². The van der Waals surface area contributed by atoms with E-state index in [9.17, 15) is 4.79 Å². The van der Waals surface area contributed by atoms with E-state index in [-0.39, 0.29) is 5.91 Å². The molecule has 0 radical (unpaired) electrons. The van der Waals surface area contributed by atoms with Crippen molar-refractivity contribution in [1.82, 2.24) is 9.78 Å². The van der Waals surface area contributed by atoms with E-state index in [0.29, 0.717) is 5.56 Å². The Kier molecular flexibility index (Phi) is 3.51. The van der Waals surface area contributed by atoms with Crippen LogP contribution in [-0.4, -0.2) is 15.7 Å². The zero-order chi connectivity index (χ0) is 14.7. The number of carbonyl (C=O) groups is 1. The molecule has 0 aliphatic rings. The lowest BCUT2D eigenvalue weighted by atomic mass is 10.1. The minimum atomic E-state index is -0.107. The number of benzene rings is 2. The van der Waals surface area contributed by atoms with Crippen LogP contribution in [0, 0.1) is 0 Å². The smallest absolute Gasteiger partial charge is 0.255 e. The Labute approximate surface area is 123 Å². The maximum atomic E-state index is 12.0. The topological polar surface area (TPSA) is 46.9 Å². The Morgan fingerprint density at radius 3 is 2.33 bits per heavy atom. The molecule has 1 aromatic heterocycles. The average Bonchev–Trinajstić information content (AvgIpc) is 2.95. The molecule has 0 aliphatic heterocycles. The van der Waals surface area contributed by atoms with Crippen molar-refractivity contribution in [1.29, 1.82) is 0 Å². The Morgan fingerprint density at radius 2 is 1.71 bits per heavy atom. The summed E-state index contributed by atoms with van der Waals surface area (Å²) in [7, 11) is 1.89. The van der Waals surface area contributed by atoms with Crippen LogP contribution in [0.5, 0.6) is 0 Å². The minimum absolute atomic E-state index is 0.107. The van der Waals surface area contributed by atoms with Crippen LogP contribution in [0.15, 0.2) is 67.0 Å². The normalized spacial score (nSPS) is 10.3. The zero-order valence-corrected chi connectivity index (χ0v) is 11.7. The Balaban J connectivity index is 1.74. The van der Waals surface area contributed by atoms with Crippen LogP contribution < -0.4 is 5.32 Å². The number of amides is 1. The molecule has 3 aromatic rings. The molecule has 21 heavy (non-hydrogen) atoms. The fourth-order valence-electron chi connectivity index (χ4n) is 2.11. The summed E-state index contributed by atoms with van der Waals surface area (Å²) < 4.78 is 1.76. The maximum Gasteiger partial charge on any atom is 0.255 e. The molecule has 0 fully saturated rings. The molecule has 2 aromatic carbocycles. The van der Waals surface area contributed by atoms with Crippen LogP contribution in [0.1, 0.15) is 10.4 Å². The average molecular weight is 277 g/mol. The lowest BCUT2D eigenvalue weighted by Crippen LogP contribution is -2.11. The third-order valence-corrected chi connectivity index (χ3v) is 3.22. The number of hydrogen-bond donors (Lipinski definition) is 1. The molecule has 4 heteroatoms. The van der Waals surface area contributed by atoms with Crippen LogP contribution in [0.3, 0.4) is 0 Å². The summed E-state index contributed by atoms with van der Waals surface area (Å²) in [5.74, 6) is -0.107. The quantitative estimate of drug-likeness (QED) is 0.798. The van der Waals surface area contributed by atoms with Crippen molar-refractivity contribution in [2.24, 2.45) is 7.05 Å². The minimum Gasteiger partial charge on any atom is -0.322 e. The lowest BCUT2D eigenvalue weighted by Gasteiger charge is -2.06. The molecule has 0 spiro atoms. The summed E-state index contributed by atoms with van der Waals surface area (Å²) in [4.78, 5) is 12.0. The summed E-state index contributed by atoms with van der Waals surface area (Å²) in [6.07, 6.45) is 3.77. The highest BCUT2D eigenvalue weighted by molar-refractivity contribution is 6.04. The third-order valence-electron chi connectivity index (χ3n) is 3.22. The standard InChI is InChI=1S/C17H15N3O/c1-20-12-15(11-18-20)13-7-9-16(10-8-13)19-17(21)14-5-3-2-4-6-14/h2-12H,1H3,(H,19,21). The van der Waals surface area contributed by atoms with Crippen LogP contribution in [0.4, 0.5) is 5.69 Å². The van der Waals surface area contributed by atoms with Gasteiger partial charge in [0.25, 0.3) is 5.91 Å². The highest BCUT2D eigenvalue weighted by Crippen LogP contribution is 2.20. The maximum absolute atomic E-state index is 12.0. The van der Waals surface area contributed by atoms with Crippen LogP contribution in [0.2, 0.25) is 0 Å². The lowest BCUT2D eigenvalue weighted by molar-refractivity contribution is 0.102. The largest absolute Gasteiger partial charge is 0.322 e. The second kappa shape index (κ2) is 5.63. The number of rotatable bonds is 3. The summed E-state index contributed by atoms with van der Waals surface area (Å²) >= 11 is 0. The summed E-state index contributed by atoms with van der Waals surface area (Å²) in [5, 5.41) is 7.03. The van der Waals surface area contributed by atoms with Crippen molar-refractivity contribution in [3.8, 4) is 11.1 Å². The third kappa shape index (κ3) is 3.00. The monoisotopic (exact) mass is 277 g/mol. The number of nitrogens with zero attached hydrogens (tertiary/aromatic N) is 2. The number of aromatic nitrogens is 2. The zero-order valence-electron chi connectivity index (χ0n) is 11.7. The molecular formula is C17H15N3O. The molecule has 0 bridgehead atoms. The second-order valence-electron chi connectivity index (χ2n) is 4.80. The first-order chi connectivity index (χ1) is 10.2. The van der Waals surface area contributed by atoms with Crippen molar-refractivity contribution < 1.29 is 4.79 Å². The molecule has 0 unspecified atom stereocenters. The summed E-state index contributed by atoms with van der Waals surface area (Å²) in [6, 6.07) is 16.9. The Morgan fingerprint density at radius 1 is 1.00 bits per heavy atom. The molecule has 0 saturated heterocycles. The number of aryl methyl sites for hydroxylation is 1. The van der Waals surface area contributed by atoms with E-state index in [0.717, 1.165) is 16.8 Å². The fraction of sp³-hybridized carbons (Fsp3) is 0.0588. The second-order valence-corrected chi connectivity index (χ2v) is 4.80. The first-order valence-electron chi connectivity index (χ1n) is 6.68. The molecule has 0 atom stereocenters. The van der Waals surface area contributed by atoms with E-state index in [1.165, 1.54) is 0 Å². The number of nitrogens with one attached hydrogen (secondary N) is 1. The number of carbonyl (C=O) groups excluding carboxylic acids is 1. The van der Waals surface area contributed by atoms with E-state index in [2.05, 4.69) is 10.4 Å². The van der Waals surface area contributed by atoms with Gasteiger partial charge in [0.2, 0.25) is 0 Å². The summed E-state index contributed by atoms with van der Waals surface area (Å²) in [5.41, 5.74) is 3.55. The summed E-state index contributed by atoms with van der Waals surface area (Å²) in [6.45, 7) is 0. The van der Waals surface area contributed by atoms with Gasteiger partial charge >= 0.3 is 0 Å².